The number of hydrogen-bond acceptors (Lipinski definition) is 11. The van der Waals surface area contributed by atoms with Crippen molar-refractivity contribution in [2.24, 2.45) is 11.8 Å². The van der Waals surface area contributed by atoms with Crippen LogP contribution < -0.4 is 31.9 Å². The third-order valence-corrected chi connectivity index (χ3v) is 16.3. The van der Waals surface area contributed by atoms with E-state index in [1.165, 1.54) is 0 Å². The van der Waals surface area contributed by atoms with Gasteiger partial charge in [0.05, 0.1) is 30.8 Å². The number of nitrogens with one attached hydrogen (secondary N) is 6. The Kier molecular flexibility index (Phi) is 19.2. The lowest BCUT2D eigenvalue weighted by Crippen LogP contribution is -2.58. The summed E-state index contributed by atoms with van der Waals surface area (Å²) in [4.78, 5) is 92.7. The van der Waals surface area contributed by atoms with Crippen LogP contribution in [0.3, 0.4) is 0 Å². The molecule has 3 aliphatic carbocycles. The van der Waals surface area contributed by atoms with Crippen molar-refractivity contribution in [1.29, 1.82) is 0 Å². The maximum absolute atomic E-state index is 14.3. The molecular formula is C57H77N9O8. The number of hydroxylamine groups is 2. The van der Waals surface area contributed by atoms with E-state index in [-0.39, 0.29) is 60.5 Å². The summed E-state index contributed by atoms with van der Waals surface area (Å²) in [6.07, 6.45) is 11.7. The fourth-order valence-electron chi connectivity index (χ4n) is 11.9. The maximum Gasteiger partial charge on any atom is 0.246 e. The molecule has 0 spiro atoms. The second kappa shape index (κ2) is 26.1. The summed E-state index contributed by atoms with van der Waals surface area (Å²) in [5, 5.41) is 20.2. The molecule has 74 heavy (non-hydrogen) atoms. The lowest BCUT2D eigenvalue weighted by molar-refractivity contribution is -0.185. The van der Waals surface area contributed by atoms with Crippen LogP contribution >= 0.6 is 0 Å². The number of ether oxygens (including phenoxy) is 1. The molecule has 2 aromatic rings. The van der Waals surface area contributed by atoms with Gasteiger partial charge < -0.3 is 46.4 Å². The van der Waals surface area contributed by atoms with Crippen molar-refractivity contribution in [2.75, 3.05) is 40.4 Å². The highest BCUT2D eigenvalue weighted by atomic mass is 16.7. The van der Waals surface area contributed by atoms with E-state index in [1.807, 2.05) is 48.5 Å². The first kappa shape index (κ1) is 54.4. The monoisotopic (exact) mass is 1020 g/mol. The van der Waals surface area contributed by atoms with Gasteiger partial charge in [0, 0.05) is 19.5 Å². The van der Waals surface area contributed by atoms with Crippen molar-refractivity contribution in [3.8, 4) is 23.7 Å². The zero-order valence-corrected chi connectivity index (χ0v) is 43.7. The van der Waals surface area contributed by atoms with Gasteiger partial charge in [-0.05, 0) is 125 Å². The molecule has 3 aliphatic heterocycles. The molecule has 3 heterocycles. The fraction of sp³-hybridized carbons (Fsp3) is 0.614. The van der Waals surface area contributed by atoms with E-state index in [1.54, 1.807) is 42.8 Å². The topological polar surface area (TPSA) is 203 Å². The molecule has 0 radical (unpaired) electrons. The van der Waals surface area contributed by atoms with Crippen LogP contribution in [0.25, 0.3) is 0 Å². The van der Waals surface area contributed by atoms with Gasteiger partial charge in [-0.1, -0.05) is 98.9 Å². The van der Waals surface area contributed by atoms with Crippen molar-refractivity contribution in [2.45, 2.75) is 171 Å². The summed E-state index contributed by atoms with van der Waals surface area (Å²) < 4.78 is 6.33. The standard InChI is InChI=1S/C57H77N9O8/c1-37(58-3)52(67)60-48(39-21-9-7-10-22-39)56(71)64-31-19-29-45(64)54(69)62-50-43-27-15-13-25-41(43)35-47(50)73-33-17-5-6-18-34-74-66-36-42-26-14-16-28-44(42)51(66)63-55(70)46-30-20-32-65(46)57(72)49(40-23-11-8-12-24-40)61-53(68)38(2)59-4/h13-16,25-28,37-40,45-51,58-59H,7-12,19-24,29-36H2,1-4H3,(H,60,67)(H,61,68)(H,62,69)(H,63,70). The molecule has 2 aromatic carbocycles. The van der Waals surface area contributed by atoms with Gasteiger partial charge in [-0.25, -0.2) is 0 Å². The predicted molar refractivity (Wildman–Crippen MR) is 279 cm³/mol. The van der Waals surface area contributed by atoms with Crippen LogP contribution in [0.2, 0.25) is 0 Å². The molecule has 2 saturated heterocycles. The normalized spacial score (nSPS) is 24.5. The van der Waals surface area contributed by atoms with Gasteiger partial charge in [0.25, 0.3) is 0 Å². The van der Waals surface area contributed by atoms with Crippen molar-refractivity contribution < 1.29 is 38.3 Å². The van der Waals surface area contributed by atoms with Gasteiger partial charge in [-0.15, -0.1) is 0 Å². The fourth-order valence-corrected chi connectivity index (χ4v) is 11.9. The van der Waals surface area contributed by atoms with Crippen LogP contribution in [0.15, 0.2) is 48.5 Å². The van der Waals surface area contributed by atoms with Gasteiger partial charge in [0.2, 0.25) is 35.4 Å². The van der Waals surface area contributed by atoms with Crippen molar-refractivity contribution in [1.82, 2.24) is 46.8 Å². The Morgan fingerprint density at radius 1 is 0.608 bits per heavy atom. The summed E-state index contributed by atoms with van der Waals surface area (Å²) in [5.74, 6) is 10.4. The molecule has 8 rings (SSSR count). The predicted octanol–water partition coefficient (Wildman–Crippen LogP) is 3.68. The van der Waals surface area contributed by atoms with Gasteiger partial charge >= 0.3 is 0 Å². The molecule has 9 unspecified atom stereocenters. The van der Waals surface area contributed by atoms with Crippen molar-refractivity contribution in [3.05, 3.63) is 70.8 Å². The van der Waals surface area contributed by atoms with Gasteiger partial charge in [0.15, 0.2) is 0 Å². The van der Waals surface area contributed by atoms with Crippen LogP contribution in [0.5, 0.6) is 0 Å². The Morgan fingerprint density at radius 2 is 1.11 bits per heavy atom. The molecule has 4 fully saturated rings. The second-order valence-electron chi connectivity index (χ2n) is 21.0. The van der Waals surface area contributed by atoms with E-state index < -0.39 is 54.6 Å². The molecule has 9 atom stereocenters. The Labute approximate surface area is 437 Å². The van der Waals surface area contributed by atoms with E-state index in [4.69, 9.17) is 9.57 Å². The number of benzene rings is 2. The number of hydrogen-bond donors (Lipinski definition) is 6. The zero-order valence-electron chi connectivity index (χ0n) is 43.7. The molecule has 2 saturated carbocycles. The third-order valence-electron chi connectivity index (χ3n) is 16.3. The van der Waals surface area contributed by atoms with E-state index in [2.05, 4.69) is 55.6 Å². The summed E-state index contributed by atoms with van der Waals surface area (Å²) in [6, 6.07) is 11.7. The first-order valence-electron chi connectivity index (χ1n) is 27.3. The number of carbonyl (C=O) groups is 6. The SMILES string of the molecule is CNC(C)C(=O)NC(C(=O)N1CCCC1C(=O)NC1c2ccccc2CC1OCC#CC#CCON1Cc2ccccc2C1NC(=O)C1CCCN1C(=O)C(NC(=O)C(C)NC)C1CCCCC1)C1CCCCC1. The largest absolute Gasteiger partial charge is 0.363 e. The molecule has 0 aromatic heterocycles. The minimum atomic E-state index is -0.690. The van der Waals surface area contributed by atoms with E-state index >= 15 is 0 Å². The Bertz CT molecular complexity index is 2290. The molecule has 398 valence electrons. The number of amides is 6. The molecular weight excluding hydrogens is 939 g/mol. The summed E-state index contributed by atoms with van der Waals surface area (Å²) >= 11 is 0. The summed E-state index contributed by atoms with van der Waals surface area (Å²) in [6.45, 7) is 4.93. The lowest BCUT2D eigenvalue weighted by Gasteiger charge is -2.35. The third kappa shape index (κ3) is 13.0. The summed E-state index contributed by atoms with van der Waals surface area (Å²) in [5.41, 5.74) is 3.94. The van der Waals surface area contributed by atoms with Gasteiger partial charge in [0.1, 0.15) is 43.5 Å². The van der Waals surface area contributed by atoms with Gasteiger partial charge in [-0.3, -0.25) is 33.6 Å². The van der Waals surface area contributed by atoms with Crippen molar-refractivity contribution >= 4 is 35.4 Å². The molecule has 17 heteroatoms. The zero-order chi connectivity index (χ0) is 52.1. The number of rotatable bonds is 18. The molecule has 0 bridgehead atoms. The van der Waals surface area contributed by atoms with E-state index in [0.717, 1.165) is 86.5 Å². The summed E-state index contributed by atoms with van der Waals surface area (Å²) in [7, 11) is 3.43. The lowest BCUT2D eigenvalue weighted by atomic mass is 9.83. The Balaban J connectivity index is 0.858. The van der Waals surface area contributed by atoms with Crippen LogP contribution in [-0.4, -0.2) is 133 Å². The minimum absolute atomic E-state index is 0.00725. The highest BCUT2D eigenvalue weighted by molar-refractivity contribution is 5.95. The minimum Gasteiger partial charge on any atom is -0.363 e. The van der Waals surface area contributed by atoms with Crippen LogP contribution in [0.1, 0.15) is 138 Å². The number of likely N-dealkylation sites (tertiary alicyclic amines) is 2. The average molecular weight is 1020 g/mol. The van der Waals surface area contributed by atoms with Crippen LogP contribution in [-0.2, 0) is 51.3 Å². The highest BCUT2D eigenvalue weighted by Crippen LogP contribution is 2.36. The second-order valence-corrected chi connectivity index (χ2v) is 21.0. The average Bonchev–Trinajstić information content (AvgIpc) is 4.26. The number of nitrogens with zero attached hydrogens (tertiary/aromatic N) is 3. The van der Waals surface area contributed by atoms with Crippen molar-refractivity contribution in [3.63, 3.8) is 0 Å². The highest BCUT2D eigenvalue weighted by Gasteiger charge is 2.45. The molecule has 6 amide bonds. The Hall–Kier alpha value is -5.82. The van der Waals surface area contributed by atoms with Gasteiger partial charge in [-0.2, -0.15) is 5.06 Å². The number of carbonyl (C=O) groups excluding carboxylic acids is 6. The molecule has 6 aliphatic rings. The Morgan fingerprint density at radius 3 is 1.66 bits per heavy atom. The number of likely N-dealkylation sites (N-methyl/N-ethyl adjacent to an activating group) is 2. The van der Waals surface area contributed by atoms with Crippen LogP contribution in [0.4, 0.5) is 0 Å². The van der Waals surface area contributed by atoms with Crippen LogP contribution in [0, 0.1) is 35.5 Å². The smallest absolute Gasteiger partial charge is 0.246 e. The quantitative estimate of drug-likeness (QED) is 0.119. The van der Waals surface area contributed by atoms with E-state index in [9.17, 15) is 28.8 Å². The van der Waals surface area contributed by atoms with E-state index in [0.29, 0.717) is 51.7 Å². The number of fused-ring (bicyclic) bond motifs is 2. The molecule has 6 N–H and O–H groups in total. The first-order chi connectivity index (χ1) is 36.0. The first-order valence-corrected chi connectivity index (χ1v) is 27.3. The molecule has 17 nitrogen and oxygen atoms in total. The maximum atomic E-state index is 14.3.